The van der Waals surface area contributed by atoms with Crippen LogP contribution < -0.4 is 5.32 Å². The van der Waals surface area contributed by atoms with Crippen molar-refractivity contribution in [2.24, 2.45) is 0 Å². The molecule has 0 radical (unpaired) electrons. The van der Waals surface area contributed by atoms with E-state index >= 15 is 0 Å². The lowest BCUT2D eigenvalue weighted by Gasteiger charge is -1.98. The number of aromatic nitrogens is 1. The van der Waals surface area contributed by atoms with Crippen molar-refractivity contribution >= 4 is 15.9 Å². The third kappa shape index (κ3) is 2.79. The Morgan fingerprint density at radius 3 is 2.88 bits per heavy atom. The minimum Gasteiger partial charge on any atom is -0.446 e. The van der Waals surface area contributed by atoms with Crippen LogP contribution in [0.4, 0.5) is 0 Å². The second-order valence-corrected chi connectivity index (χ2v) is 4.98. The molecule has 2 heterocycles. The van der Waals surface area contributed by atoms with Crippen molar-refractivity contribution in [3.8, 4) is 11.5 Å². The van der Waals surface area contributed by atoms with Crippen molar-refractivity contribution in [1.82, 2.24) is 10.3 Å². The van der Waals surface area contributed by atoms with Gasteiger partial charge in [0.1, 0.15) is 0 Å². The summed E-state index contributed by atoms with van der Waals surface area (Å²) in [6.45, 7) is 0.923. The second kappa shape index (κ2) is 4.66. The standard InChI is InChI=1S/C12H13BrN2O2/c13-11-4-3-9(16-11)10-7-15-12(17-10)5-6-14-8-1-2-8/h3-4,7-8,14H,1-2,5-6H2. The molecule has 0 aromatic carbocycles. The molecule has 1 aliphatic carbocycles. The zero-order valence-corrected chi connectivity index (χ0v) is 10.9. The maximum absolute atomic E-state index is 5.62. The van der Waals surface area contributed by atoms with Crippen LogP contribution in [0.15, 0.2) is 31.8 Å². The van der Waals surface area contributed by atoms with Crippen LogP contribution in [0.2, 0.25) is 0 Å². The van der Waals surface area contributed by atoms with Crippen molar-refractivity contribution in [1.29, 1.82) is 0 Å². The lowest BCUT2D eigenvalue weighted by molar-refractivity contribution is 0.470. The minimum absolute atomic E-state index is 0.678. The number of nitrogens with one attached hydrogen (secondary N) is 1. The summed E-state index contributed by atoms with van der Waals surface area (Å²) in [5.74, 6) is 2.13. The summed E-state index contributed by atoms with van der Waals surface area (Å²) < 4.78 is 11.7. The van der Waals surface area contributed by atoms with E-state index in [1.807, 2.05) is 12.1 Å². The van der Waals surface area contributed by atoms with Crippen molar-refractivity contribution in [2.75, 3.05) is 6.54 Å². The smallest absolute Gasteiger partial charge is 0.196 e. The van der Waals surface area contributed by atoms with Gasteiger partial charge in [-0.2, -0.15) is 0 Å². The molecule has 1 N–H and O–H groups in total. The van der Waals surface area contributed by atoms with Crippen LogP contribution in [0.25, 0.3) is 11.5 Å². The zero-order valence-electron chi connectivity index (χ0n) is 9.28. The molecule has 5 heteroatoms. The maximum Gasteiger partial charge on any atom is 0.196 e. The van der Waals surface area contributed by atoms with E-state index in [9.17, 15) is 0 Å². The molecule has 17 heavy (non-hydrogen) atoms. The number of rotatable bonds is 5. The van der Waals surface area contributed by atoms with Crippen LogP contribution >= 0.6 is 15.9 Å². The Hall–Kier alpha value is -1.07. The Morgan fingerprint density at radius 1 is 1.29 bits per heavy atom. The summed E-state index contributed by atoms with van der Waals surface area (Å²) in [4.78, 5) is 4.24. The van der Waals surface area contributed by atoms with Crippen LogP contribution in [0.5, 0.6) is 0 Å². The van der Waals surface area contributed by atoms with E-state index in [1.165, 1.54) is 12.8 Å². The highest BCUT2D eigenvalue weighted by atomic mass is 79.9. The van der Waals surface area contributed by atoms with E-state index in [0.29, 0.717) is 16.2 Å². The number of furan rings is 1. The van der Waals surface area contributed by atoms with Gasteiger partial charge >= 0.3 is 0 Å². The third-order valence-corrected chi connectivity index (χ3v) is 3.15. The molecule has 1 fully saturated rings. The first-order valence-electron chi connectivity index (χ1n) is 5.75. The second-order valence-electron chi connectivity index (χ2n) is 4.20. The molecule has 0 saturated heterocycles. The summed E-state index contributed by atoms with van der Waals surface area (Å²) in [5.41, 5.74) is 0. The van der Waals surface area contributed by atoms with E-state index in [1.54, 1.807) is 6.20 Å². The van der Waals surface area contributed by atoms with Gasteiger partial charge in [-0.25, -0.2) is 4.98 Å². The molecule has 2 aromatic heterocycles. The van der Waals surface area contributed by atoms with Gasteiger partial charge < -0.3 is 14.2 Å². The van der Waals surface area contributed by atoms with Crippen molar-refractivity contribution in [3.63, 3.8) is 0 Å². The first-order chi connectivity index (χ1) is 8.31. The Morgan fingerprint density at radius 2 is 2.18 bits per heavy atom. The molecule has 3 rings (SSSR count). The van der Waals surface area contributed by atoms with Gasteiger partial charge in [-0.1, -0.05) is 0 Å². The molecule has 2 aromatic rings. The largest absolute Gasteiger partial charge is 0.446 e. The fraction of sp³-hybridized carbons (Fsp3) is 0.417. The summed E-state index contributed by atoms with van der Waals surface area (Å²) in [6, 6.07) is 4.42. The zero-order chi connectivity index (χ0) is 11.7. The van der Waals surface area contributed by atoms with Crippen molar-refractivity contribution in [2.45, 2.75) is 25.3 Å². The van der Waals surface area contributed by atoms with Gasteiger partial charge in [-0.3, -0.25) is 0 Å². The minimum atomic E-state index is 0.678. The van der Waals surface area contributed by atoms with Crippen LogP contribution in [-0.4, -0.2) is 17.6 Å². The number of oxazole rings is 1. The maximum atomic E-state index is 5.62. The first-order valence-corrected chi connectivity index (χ1v) is 6.54. The van der Waals surface area contributed by atoms with Crippen LogP contribution in [0.1, 0.15) is 18.7 Å². The number of hydrogen-bond donors (Lipinski definition) is 1. The molecule has 0 atom stereocenters. The molecule has 0 bridgehead atoms. The van der Waals surface area contributed by atoms with Crippen LogP contribution in [0, 0.1) is 0 Å². The van der Waals surface area contributed by atoms with Gasteiger partial charge in [-0.15, -0.1) is 0 Å². The average molecular weight is 297 g/mol. The molecule has 0 amide bonds. The Labute approximate surface area is 108 Å². The van der Waals surface area contributed by atoms with Gasteiger partial charge in [0.2, 0.25) is 0 Å². The Balaban J connectivity index is 1.61. The van der Waals surface area contributed by atoms with Crippen LogP contribution in [0.3, 0.4) is 0 Å². The Bertz CT molecular complexity index is 502. The van der Waals surface area contributed by atoms with Gasteiger partial charge in [0.25, 0.3) is 0 Å². The predicted octanol–water partition coefficient (Wildman–Crippen LogP) is 2.99. The van der Waals surface area contributed by atoms with Gasteiger partial charge in [0.05, 0.1) is 6.20 Å². The molecule has 1 aliphatic rings. The highest BCUT2D eigenvalue weighted by Gasteiger charge is 2.20. The molecule has 0 unspecified atom stereocenters. The summed E-state index contributed by atoms with van der Waals surface area (Å²) in [5, 5.41) is 3.43. The number of hydrogen-bond acceptors (Lipinski definition) is 4. The highest BCUT2D eigenvalue weighted by Crippen LogP contribution is 2.25. The lowest BCUT2D eigenvalue weighted by Crippen LogP contribution is -2.19. The third-order valence-electron chi connectivity index (χ3n) is 2.72. The summed E-state index contributed by atoms with van der Waals surface area (Å²) in [7, 11) is 0. The predicted molar refractivity (Wildman–Crippen MR) is 66.6 cm³/mol. The molecule has 90 valence electrons. The summed E-state index contributed by atoms with van der Waals surface area (Å²) >= 11 is 3.26. The quantitative estimate of drug-likeness (QED) is 0.921. The van der Waals surface area contributed by atoms with Gasteiger partial charge in [0.15, 0.2) is 22.1 Å². The van der Waals surface area contributed by atoms with Gasteiger partial charge in [0, 0.05) is 19.0 Å². The monoisotopic (exact) mass is 296 g/mol. The SMILES string of the molecule is Brc1ccc(-c2cnc(CCNC3CC3)o2)o1. The molecule has 4 nitrogen and oxygen atoms in total. The summed E-state index contributed by atoms with van der Waals surface area (Å²) in [6.07, 6.45) is 5.13. The van der Waals surface area contributed by atoms with E-state index < -0.39 is 0 Å². The number of halogens is 1. The topological polar surface area (TPSA) is 51.2 Å². The fourth-order valence-electron chi connectivity index (χ4n) is 1.66. The van der Waals surface area contributed by atoms with E-state index in [4.69, 9.17) is 8.83 Å². The average Bonchev–Trinajstić information content (AvgIpc) is 2.85. The molecular weight excluding hydrogens is 284 g/mol. The fourth-order valence-corrected chi connectivity index (χ4v) is 1.96. The molecule has 1 saturated carbocycles. The first kappa shape index (κ1) is 11.0. The molecule has 0 spiro atoms. The molecule has 0 aliphatic heterocycles. The number of nitrogens with zero attached hydrogens (tertiary/aromatic N) is 1. The lowest BCUT2D eigenvalue weighted by atomic mass is 10.4. The molecular formula is C12H13BrN2O2. The highest BCUT2D eigenvalue weighted by molar-refractivity contribution is 9.10. The van der Waals surface area contributed by atoms with Gasteiger partial charge in [-0.05, 0) is 40.9 Å². The Kier molecular flexibility index (Phi) is 3.03. The van der Waals surface area contributed by atoms with E-state index in [0.717, 1.165) is 24.9 Å². The normalized spacial score (nSPS) is 15.4. The van der Waals surface area contributed by atoms with E-state index in [2.05, 4.69) is 26.2 Å². The van der Waals surface area contributed by atoms with Crippen molar-refractivity contribution < 1.29 is 8.83 Å². The van der Waals surface area contributed by atoms with Crippen molar-refractivity contribution in [3.05, 3.63) is 28.9 Å². The van der Waals surface area contributed by atoms with Crippen LogP contribution in [-0.2, 0) is 6.42 Å². The van der Waals surface area contributed by atoms with E-state index in [-0.39, 0.29) is 0 Å².